The average Bonchev–Trinajstić information content (AvgIpc) is 2.65. The Morgan fingerprint density at radius 2 is 1.63 bits per heavy atom. The van der Waals surface area contributed by atoms with Gasteiger partial charge in [-0.3, -0.25) is 9.59 Å². The monoisotopic (exact) mass is 376 g/mol. The number of carbonyl (C=O) groups is 2. The van der Waals surface area contributed by atoms with Gasteiger partial charge >= 0.3 is 0 Å². The van der Waals surface area contributed by atoms with Crippen molar-refractivity contribution < 1.29 is 14.3 Å². The number of amides is 2. The molecule has 0 bridgehead atoms. The molecule has 1 aromatic rings. The topological polar surface area (TPSA) is 58.6 Å². The SMILES string of the molecule is CCCN(CCC)C(=O)CCCC(=O)NCCCCOc1ccc(C)cc1. The molecule has 0 saturated heterocycles. The van der Waals surface area contributed by atoms with Gasteiger partial charge in [-0.05, 0) is 51.2 Å². The minimum Gasteiger partial charge on any atom is -0.494 e. The molecule has 0 atom stereocenters. The van der Waals surface area contributed by atoms with Gasteiger partial charge in [0.15, 0.2) is 0 Å². The maximum absolute atomic E-state index is 12.2. The molecule has 0 spiro atoms. The Hall–Kier alpha value is -2.04. The summed E-state index contributed by atoms with van der Waals surface area (Å²) in [5.74, 6) is 1.08. The van der Waals surface area contributed by atoms with Crippen molar-refractivity contribution >= 4 is 11.8 Å². The molecule has 0 radical (unpaired) electrons. The molecule has 0 aliphatic rings. The molecule has 27 heavy (non-hydrogen) atoms. The number of hydrogen-bond donors (Lipinski definition) is 1. The second-order valence-electron chi connectivity index (χ2n) is 6.95. The van der Waals surface area contributed by atoms with Gasteiger partial charge in [0.2, 0.25) is 11.8 Å². The summed E-state index contributed by atoms with van der Waals surface area (Å²) in [7, 11) is 0. The van der Waals surface area contributed by atoms with Gasteiger partial charge in [0.25, 0.3) is 0 Å². The minimum atomic E-state index is 0.0276. The molecule has 1 N–H and O–H groups in total. The van der Waals surface area contributed by atoms with Gasteiger partial charge < -0.3 is 15.0 Å². The Labute approximate surface area is 164 Å². The lowest BCUT2D eigenvalue weighted by molar-refractivity contribution is -0.131. The van der Waals surface area contributed by atoms with E-state index in [1.807, 2.05) is 29.2 Å². The van der Waals surface area contributed by atoms with Gasteiger partial charge in [0.05, 0.1) is 6.61 Å². The molecule has 0 aliphatic heterocycles. The van der Waals surface area contributed by atoms with Gasteiger partial charge in [-0.25, -0.2) is 0 Å². The molecule has 2 amide bonds. The fourth-order valence-electron chi connectivity index (χ4n) is 2.83. The van der Waals surface area contributed by atoms with E-state index in [0.717, 1.165) is 44.5 Å². The van der Waals surface area contributed by atoms with Crippen LogP contribution in [-0.2, 0) is 9.59 Å². The van der Waals surface area contributed by atoms with E-state index >= 15 is 0 Å². The highest BCUT2D eigenvalue weighted by atomic mass is 16.5. The minimum absolute atomic E-state index is 0.0276. The Kier molecular flexibility index (Phi) is 12.0. The first kappa shape index (κ1) is 23.0. The van der Waals surface area contributed by atoms with Gasteiger partial charge in [-0.1, -0.05) is 31.5 Å². The van der Waals surface area contributed by atoms with E-state index in [1.54, 1.807) is 0 Å². The fraction of sp³-hybridized carbons (Fsp3) is 0.636. The van der Waals surface area contributed by atoms with Crippen LogP contribution < -0.4 is 10.1 Å². The summed E-state index contributed by atoms with van der Waals surface area (Å²) in [4.78, 5) is 25.9. The van der Waals surface area contributed by atoms with E-state index in [-0.39, 0.29) is 11.8 Å². The maximum Gasteiger partial charge on any atom is 0.222 e. The van der Waals surface area contributed by atoms with Crippen molar-refractivity contribution in [1.82, 2.24) is 10.2 Å². The van der Waals surface area contributed by atoms with Gasteiger partial charge in [0.1, 0.15) is 5.75 Å². The van der Waals surface area contributed by atoms with E-state index < -0.39 is 0 Å². The molecule has 0 heterocycles. The molecular formula is C22H36N2O3. The molecule has 0 aliphatic carbocycles. The Bertz CT molecular complexity index is 537. The van der Waals surface area contributed by atoms with Crippen LogP contribution in [0.3, 0.4) is 0 Å². The number of benzene rings is 1. The summed E-state index contributed by atoms with van der Waals surface area (Å²) in [5.41, 5.74) is 1.22. The van der Waals surface area contributed by atoms with E-state index in [4.69, 9.17) is 4.74 Å². The standard InChI is InChI=1S/C22H36N2O3/c1-4-16-24(17-5-2)22(26)10-8-9-21(25)23-15-6-7-18-27-20-13-11-19(3)12-14-20/h11-14H,4-10,15-18H2,1-3H3,(H,23,25). The normalized spacial score (nSPS) is 10.5. The van der Waals surface area contributed by atoms with E-state index in [1.165, 1.54) is 5.56 Å². The van der Waals surface area contributed by atoms with E-state index in [9.17, 15) is 9.59 Å². The zero-order valence-electron chi connectivity index (χ0n) is 17.3. The van der Waals surface area contributed by atoms with Gasteiger partial charge in [0, 0.05) is 32.5 Å². The lowest BCUT2D eigenvalue weighted by atomic mass is 10.2. The summed E-state index contributed by atoms with van der Waals surface area (Å²) in [6.07, 6.45) is 5.22. The molecule has 1 aromatic carbocycles. The maximum atomic E-state index is 12.2. The van der Waals surface area contributed by atoms with Crippen molar-refractivity contribution in [1.29, 1.82) is 0 Å². The van der Waals surface area contributed by atoms with Gasteiger partial charge in [-0.2, -0.15) is 0 Å². The van der Waals surface area contributed by atoms with Crippen molar-refractivity contribution in [3.05, 3.63) is 29.8 Å². The van der Waals surface area contributed by atoms with Crippen LogP contribution in [0.4, 0.5) is 0 Å². The Morgan fingerprint density at radius 3 is 2.26 bits per heavy atom. The number of unbranched alkanes of at least 4 members (excludes halogenated alkanes) is 1. The summed E-state index contributed by atoms with van der Waals surface area (Å²) < 4.78 is 5.67. The zero-order valence-corrected chi connectivity index (χ0v) is 17.3. The first-order chi connectivity index (χ1) is 13.1. The second-order valence-corrected chi connectivity index (χ2v) is 6.95. The molecule has 0 unspecified atom stereocenters. The third kappa shape index (κ3) is 10.6. The number of hydrogen-bond acceptors (Lipinski definition) is 3. The molecule has 1 rings (SSSR count). The molecule has 0 aromatic heterocycles. The molecule has 152 valence electrons. The predicted octanol–water partition coefficient (Wildman–Crippen LogP) is 4.09. The number of aryl methyl sites for hydroxylation is 1. The third-order valence-corrected chi connectivity index (χ3v) is 4.32. The van der Waals surface area contributed by atoms with Crippen molar-refractivity contribution in [2.24, 2.45) is 0 Å². The van der Waals surface area contributed by atoms with Crippen molar-refractivity contribution in [3.63, 3.8) is 0 Å². The van der Waals surface area contributed by atoms with E-state index in [2.05, 4.69) is 26.1 Å². The number of ether oxygens (including phenoxy) is 1. The summed E-state index contributed by atoms with van der Waals surface area (Å²) >= 11 is 0. The van der Waals surface area contributed by atoms with Crippen molar-refractivity contribution in [2.75, 3.05) is 26.2 Å². The highest BCUT2D eigenvalue weighted by Crippen LogP contribution is 2.11. The predicted molar refractivity (Wildman–Crippen MR) is 110 cm³/mol. The van der Waals surface area contributed by atoms with Crippen molar-refractivity contribution in [2.45, 2.75) is 65.7 Å². The quantitative estimate of drug-likeness (QED) is 0.498. The third-order valence-electron chi connectivity index (χ3n) is 4.32. The number of nitrogens with zero attached hydrogens (tertiary/aromatic N) is 1. The lowest BCUT2D eigenvalue weighted by Gasteiger charge is -2.21. The Morgan fingerprint density at radius 1 is 0.963 bits per heavy atom. The van der Waals surface area contributed by atoms with Crippen LogP contribution in [0.25, 0.3) is 0 Å². The highest BCUT2D eigenvalue weighted by Gasteiger charge is 2.12. The first-order valence-corrected chi connectivity index (χ1v) is 10.3. The van der Waals surface area contributed by atoms with Crippen molar-refractivity contribution in [3.8, 4) is 5.75 Å². The largest absolute Gasteiger partial charge is 0.494 e. The van der Waals surface area contributed by atoms with Crippen LogP contribution >= 0.6 is 0 Å². The van der Waals surface area contributed by atoms with Crippen LogP contribution in [0.5, 0.6) is 5.75 Å². The van der Waals surface area contributed by atoms with E-state index in [0.29, 0.717) is 32.4 Å². The zero-order chi connectivity index (χ0) is 19.9. The van der Waals surface area contributed by atoms with Gasteiger partial charge in [-0.15, -0.1) is 0 Å². The highest BCUT2D eigenvalue weighted by molar-refractivity contribution is 5.78. The molecule has 0 saturated carbocycles. The Balaban J connectivity index is 2.05. The molecule has 5 nitrogen and oxygen atoms in total. The average molecular weight is 377 g/mol. The fourth-order valence-corrected chi connectivity index (χ4v) is 2.83. The molecule has 5 heteroatoms. The molecule has 0 fully saturated rings. The first-order valence-electron chi connectivity index (χ1n) is 10.3. The van der Waals surface area contributed by atoms with Crippen LogP contribution in [0, 0.1) is 6.92 Å². The van der Waals surface area contributed by atoms with Crippen LogP contribution in [0.1, 0.15) is 64.4 Å². The van der Waals surface area contributed by atoms with Crippen LogP contribution in [-0.4, -0.2) is 43.0 Å². The lowest BCUT2D eigenvalue weighted by Crippen LogP contribution is -2.32. The number of carbonyl (C=O) groups excluding carboxylic acids is 2. The summed E-state index contributed by atoms with van der Waals surface area (Å²) in [6, 6.07) is 8.01. The summed E-state index contributed by atoms with van der Waals surface area (Å²) in [6.45, 7) is 9.13. The smallest absolute Gasteiger partial charge is 0.222 e. The number of rotatable bonds is 14. The van der Waals surface area contributed by atoms with Crippen LogP contribution in [0.2, 0.25) is 0 Å². The molecular weight excluding hydrogens is 340 g/mol. The van der Waals surface area contributed by atoms with Crippen LogP contribution in [0.15, 0.2) is 24.3 Å². The number of nitrogens with one attached hydrogen (secondary N) is 1. The second kappa shape index (κ2) is 14.1. The summed E-state index contributed by atoms with van der Waals surface area (Å²) in [5, 5.41) is 2.92.